The van der Waals surface area contributed by atoms with E-state index in [0.717, 1.165) is 12.5 Å². The van der Waals surface area contributed by atoms with Crippen LogP contribution >= 0.6 is 0 Å². The Morgan fingerprint density at radius 2 is 2.00 bits per heavy atom. The molecule has 1 aliphatic rings. The maximum absolute atomic E-state index is 3.63. The van der Waals surface area contributed by atoms with Crippen LogP contribution in [-0.4, -0.2) is 37.6 Å². The molecule has 0 aromatic carbocycles. The van der Waals surface area contributed by atoms with E-state index in [0.29, 0.717) is 6.04 Å². The van der Waals surface area contributed by atoms with Gasteiger partial charge in [0.1, 0.15) is 0 Å². The largest absolute Gasteiger partial charge is 0.313 e. The van der Waals surface area contributed by atoms with Gasteiger partial charge in [0.25, 0.3) is 0 Å². The van der Waals surface area contributed by atoms with Crippen LogP contribution in [0.5, 0.6) is 0 Å². The third-order valence-electron chi connectivity index (χ3n) is 3.65. The topological polar surface area (TPSA) is 15.3 Å². The first-order valence-corrected chi connectivity index (χ1v) is 6.64. The van der Waals surface area contributed by atoms with Crippen molar-refractivity contribution in [1.82, 2.24) is 10.2 Å². The lowest BCUT2D eigenvalue weighted by Crippen LogP contribution is -2.38. The van der Waals surface area contributed by atoms with E-state index in [2.05, 4.69) is 31.1 Å². The first kappa shape index (κ1) is 13.0. The molecular formula is C13H28N2. The van der Waals surface area contributed by atoms with E-state index in [1.807, 2.05) is 0 Å². The molecule has 0 radical (unpaired) electrons. The highest BCUT2D eigenvalue weighted by atomic mass is 15.1. The summed E-state index contributed by atoms with van der Waals surface area (Å²) in [6, 6.07) is 0.636. The summed E-state index contributed by atoms with van der Waals surface area (Å²) in [5.41, 5.74) is 0. The molecule has 2 nitrogen and oxygen atoms in total. The van der Waals surface area contributed by atoms with E-state index >= 15 is 0 Å². The molecule has 1 fully saturated rings. The molecule has 1 N–H and O–H groups in total. The zero-order valence-corrected chi connectivity index (χ0v) is 10.8. The molecule has 0 aromatic rings. The van der Waals surface area contributed by atoms with Crippen LogP contribution in [0.15, 0.2) is 0 Å². The monoisotopic (exact) mass is 212 g/mol. The molecule has 1 atom stereocenters. The highest BCUT2D eigenvalue weighted by molar-refractivity contribution is 4.70. The van der Waals surface area contributed by atoms with Gasteiger partial charge in [-0.25, -0.2) is 0 Å². The second-order valence-corrected chi connectivity index (χ2v) is 5.15. The van der Waals surface area contributed by atoms with Crippen LogP contribution in [0.25, 0.3) is 0 Å². The van der Waals surface area contributed by atoms with Crippen molar-refractivity contribution in [3.8, 4) is 0 Å². The molecule has 0 aliphatic heterocycles. The van der Waals surface area contributed by atoms with Crippen molar-refractivity contribution in [2.24, 2.45) is 5.92 Å². The Morgan fingerprint density at radius 1 is 1.33 bits per heavy atom. The highest BCUT2D eigenvalue weighted by Gasteiger charge is 2.14. The van der Waals surface area contributed by atoms with E-state index in [4.69, 9.17) is 0 Å². The van der Waals surface area contributed by atoms with E-state index in [9.17, 15) is 0 Å². The Hall–Kier alpha value is -0.0800. The van der Waals surface area contributed by atoms with Crippen molar-refractivity contribution in [3.63, 3.8) is 0 Å². The molecule has 90 valence electrons. The number of hydrogen-bond acceptors (Lipinski definition) is 2. The summed E-state index contributed by atoms with van der Waals surface area (Å²) in [5.74, 6) is 1.02. The van der Waals surface area contributed by atoms with Gasteiger partial charge in [-0.05, 0) is 39.4 Å². The summed E-state index contributed by atoms with van der Waals surface area (Å²) < 4.78 is 0. The maximum Gasteiger partial charge on any atom is 0.0166 e. The Kier molecular flexibility index (Phi) is 6.26. The Bertz CT molecular complexity index is 153. The predicted octanol–water partition coefficient (Wildman–Crippen LogP) is 2.50. The highest BCUT2D eigenvalue weighted by Crippen LogP contribution is 2.26. The molecule has 1 aliphatic carbocycles. The normalized spacial score (nSPS) is 20.0. The van der Waals surface area contributed by atoms with Crippen LogP contribution in [0.2, 0.25) is 0 Å². The zero-order valence-electron chi connectivity index (χ0n) is 10.8. The van der Waals surface area contributed by atoms with Gasteiger partial charge in [0, 0.05) is 12.6 Å². The fourth-order valence-corrected chi connectivity index (χ4v) is 2.49. The third kappa shape index (κ3) is 5.53. The summed E-state index contributed by atoms with van der Waals surface area (Å²) in [5, 5.41) is 3.63. The number of hydrogen-bond donors (Lipinski definition) is 1. The average Bonchev–Trinajstić information content (AvgIpc) is 2.70. The molecule has 0 spiro atoms. The van der Waals surface area contributed by atoms with Gasteiger partial charge in [-0.1, -0.05) is 32.6 Å². The van der Waals surface area contributed by atoms with Gasteiger partial charge in [-0.15, -0.1) is 0 Å². The number of rotatable bonds is 7. The minimum atomic E-state index is 0.636. The van der Waals surface area contributed by atoms with Crippen molar-refractivity contribution in [2.45, 2.75) is 52.0 Å². The van der Waals surface area contributed by atoms with Gasteiger partial charge in [-0.2, -0.15) is 0 Å². The smallest absolute Gasteiger partial charge is 0.0166 e. The van der Waals surface area contributed by atoms with Crippen molar-refractivity contribution in [2.75, 3.05) is 26.7 Å². The van der Waals surface area contributed by atoms with Gasteiger partial charge in [0.15, 0.2) is 0 Å². The number of nitrogens with zero attached hydrogens (tertiary/aromatic N) is 1. The lowest BCUT2D eigenvalue weighted by Gasteiger charge is -2.21. The second-order valence-electron chi connectivity index (χ2n) is 5.15. The van der Waals surface area contributed by atoms with Gasteiger partial charge < -0.3 is 10.2 Å². The predicted molar refractivity (Wildman–Crippen MR) is 67.2 cm³/mol. The molecule has 2 heteroatoms. The van der Waals surface area contributed by atoms with E-state index in [1.54, 1.807) is 0 Å². The lowest BCUT2D eigenvalue weighted by atomic mass is 10.0. The molecule has 1 rings (SSSR count). The van der Waals surface area contributed by atoms with Crippen molar-refractivity contribution < 1.29 is 0 Å². The minimum absolute atomic E-state index is 0.636. The van der Waals surface area contributed by atoms with Gasteiger partial charge >= 0.3 is 0 Å². The minimum Gasteiger partial charge on any atom is -0.313 e. The van der Waals surface area contributed by atoms with Crippen LogP contribution in [0.1, 0.15) is 46.0 Å². The molecule has 0 bridgehead atoms. The quantitative estimate of drug-likeness (QED) is 0.697. The molecule has 1 saturated carbocycles. The fourth-order valence-electron chi connectivity index (χ4n) is 2.49. The van der Waals surface area contributed by atoms with Crippen LogP contribution in [0.4, 0.5) is 0 Å². The van der Waals surface area contributed by atoms with Crippen molar-refractivity contribution in [3.05, 3.63) is 0 Å². The third-order valence-corrected chi connectivity index (χ3v) is 3.65. The zero-order chi connectivity index (χ0) is 11.1. The molecule has 0 aromatic heterocycles. The summed E-state index contributed by atoms with van der Waals surface area (Å²) in [7, 11) is 2.19. The molecule has 0 amide bonds. The lowest BCUT2D eigenvalue weighted by molar-refractivity contribution is 0.306. The van der Waals surface area contributed by atoms with Crippen LogP contribution in [0.3, 0.4) is 0 Å². The molecule has 15 heavy (non-hydrogen) atoms. The molecule has 0 saturated heterocycles. The van der Waals surface area contributed by atoms with Gasteiger partial charge in [0.05, 0.1) is 0 Å². The van der Waals surface area contributed by atoms with Crippen molar-refractivity contribution in [1.29, 1.82) is 0 Å². The second kappa shape index (κ2) is 7.24. The molecule has 0 heterocycles. The summed E-state index contributed by atoms with van der Waals surface area (Å²) in [4.78, 5) is 2.37. The standard InChI is InChI=1S/C13H28N2/c1-4-15(3)11-12(2)14-10-9-13-7-5-6-8-13/h12-14H,4-11H2,1-3H3. The van der Waals surface area contributed by atoms with Gasteiger partial charge in [-0.3, -0.25) is 0 Å². The SMILES string of the molecule is CCN(C)CC(C)NCCC1CCCC1. The number of nitrogens with one attached hydrogen (secondary N) is 1. The van der Waals surface area contributed by atoms with E-state index < -0.39 is 0 Å². The molecule has 1 unspecified atom stereocenters. The maximum atomic E-state index is 3.63. The van der Waals surface area contributed by atoms with E-state index in [-0.39, 0.29) is 0 Å². The Labute approximate surface area is 95.4 Å². The first-order valence-electron chi connectivity index (χ1n) is 6.64. The summed E-state index contributed by atoms with van der Waals surface area (Å²) >= 11 is 0. The van der Waals surface area contributed by atoms with E-state index in [1.165, 1.54) is 45.2 Å². The Morgan fingerprint density at radius 3 is 2.60 bits per heavy atom. The number of likely N-dealkylation sites (N-methyl/N-ethyl adjacent to an activating group) is 1. The fraction of sp³-hybridized carbons (Fsp3) is 1.00. The van der Waals surface area contributed by atoms with Crippen LogP contribution < -0.4 is 5.32 Å². The van der Waals surface area contributed by atoms with Crippen LogP contribution in [0, 0.1) is 5.92 Å². The van der Waals surface area contributed by atoms with Crippen LogP contribution in [-0.2, 0) is 0 Å². The molecular weight excluding hydrogens is 184 g/mol. The first-order chi connectivity index (χ1) is 7.22. The Balaban J connectivity index is 1.98. The van der Waals surface area contributed by atoms with Crippen molar-refractivity contribution >= 4 is 0 Å². The van der Waals surface area contributed by atoms with Gasteiger partial charge in [0.2, 0.25) is 0 Å². The summed E-state index contributed by atoms with van der Waals surface area (Å²) in [6.07, 6.45) is 7.29. The average molecular weight is 212 g/mol. The summed E-state index contributed by atoms with van der Waals surface area (Å²) in [6.45, 7) is 8.03.